The van der Waals surface area contributed by atoms with E-state index in [1.807, 2.05) is 31.3 Å². The van der Waals surface area contributed by atoms with Gasteiger partial charge in [0.15, 0.2) is 0 Å². The maximum absolute atomic E-state index is 6.34. The first-order valence-corrected chi connectivity index (χ1v) is 7.28. The van der Waals surface area contributed by atoms with E-state index in [2.05, 4.69) is 15.3 Å². The summed E-state index contributed by atoms with van der Waals surface area (Å²) in [5.41, 5.74) is 3.65. The molecule has 0 saturated heterocycles. The smallest absolute Gasteiger partial charge is 0.0937 e. The average molecular weight is 318 g/mol. The fourth-order valence-electron chi connectivity index (χ4n) is 2.46. The van der Waals surface area contributed by atoms with E-state index in [9.17, 15) is 0 Å². The van der Waals surface area contributed by atoms with Crippen molar-refractivity contribution >= 4 is 34.2 Å². The minimum Gasteiger partial charge on any atom is -0.309 e. The van der Waals surface area contributed by atoms with Gasteiger partial charge in [-0.05, 0) is 36.9 Å². The standard InChI is InChI=1S/C16H13Cl2N3/c1-19-15(12-9-10(17)5-6-13(12)18)11-3-2-4-14-16(11)21-8-7-20-14/h2-9,15,19H,1H3. The zero-order valence-electron chi connectivity index (χ0n) is 11.3. The van der Waals surface area contributed by atoms with Crippen molar-refractivity contribution in [2.45, 2.75) is 6.04 Å². The maximum atomic E-state index is 6.34. The number of benzene rings is 2. The SMILES string of the molecule is CNC(c1cc(Cl)ccc1Cl)c1cccc2nccnc12. The molecule has 0 fully saturated rings. The molecule has 0 bridgehead atoms. The molecule has 1 heterocycles. The lowest BCUT2D eigenvalue weighted by Crippen LogP contribution is -2.18. The highest BCUT2D eigenvalue weighted by molar-refractivity contribution is 6.33. The summed E-state index contributed by atoms with van der Waals surface area (Å²) in [7, 11) is 1.89. The van der Waals surface area contributed by atoms with E-state index in [-0.39, 0.29) is 6.04 Å². The molecule has 1 unspecified atom stereocenters. The fraction of sp³-hybridized carbons (Fsp3) is 0.125. The number of para-hydroxylation sites is 1. The number of hydrogen-bond acceptors (Lipinski definition) is 3. The summed E-state index contributed by atoms with van der Waals surface area (Å²) in [4.78, 5) is 8.79. The van der Waals surface area contributed by atoms with Crippen molar-refractivity contribution in [3.63, 3.8) is 0 Å². The summed E-state index contributed by atoms with van der Waals surface area (Å²) in [6, 6.07) is 11.3. The number of fused-ring (bicyclic) bond motifs is 1. The van der Waals surface area contributed by atoms with Crippen molar-refractivity contribution in [3.8, 4) is 0 Å². The van der Waals surface area contributed by atoms with Gasteiger partial charge in [-0.2, -0.15) is 0 Å². The molecule has 3 nitrogen and oxygen atoms in total. The molecule has 0 spiro atoms. The zero-order chi connectivity index (χ0) is 14.8. The summed E-state index contributed by atoms with van der Waals surface area (Å²) < 4.78 is 0. The van der Waals surface area contributed by atoms with E-state index in [0.29, 0.717) is 10.0 Å². The second-order valence-corrected chi connectivity index (χ2v) is 5.50. The van der Waals surface area contributed by atoms with E-state index in [1.54, 1.807) is 24.5 Å². The monoisotopic (exact) mass is 317 g/mol. The van der Waals surface area contributed by atoms with Gasteiger partial charge in [0.25, 0.3) is 0 Å². The lowest BCUT2D eigenvalue weighted by molar-refractivity contribution is 0.695. The van der Waals surface area contributed by atoms with Crippen molar-refractivity contribution in [1.29, 1.82) is 0 Å². The van der Waals surface area contributed by atoms with Gasteiger partial charge in [-0.1, -0.05) is 35.3 Å². The van der Waals surface area contributed by atoms with Gasteiger partial charge in [-0.3, -0.25) is 9.97 Å². The van der Waals surface area contributed by atoms with Gasteiger partial charge in [0.05, 0.1) is 17.1 Å². The topological polar surface area (TPSA) is 37.8 Å². The molecule has 1 atom stereocenters. The largest absolute Gasteiger partial charge is 0.309 e. The average Bonchev–Trinajstić information content (AvgIpc) is 2.51. The van der Waals surface area contributed by atoms with Crippen LogP contribution in [0, 0.1) is 0 Å². The zero-order valence-corrected chi connectivity index (χ0v) is 12.9. The van der Waals surface area contributed by atoms with Gasteiger partial charge >= 0.3 is 0 Å². The van der Waals surface area contributed by atoms with Crippen LogP contribution in [0.5, 0.6) is 0 Å². The highest BCUT2D eigenvalue weighted by atomic mass is 35.5. The molecule has 5 heteroatoms. The Kier molecular flexibility index (Phi) is 4.06. The minimum absolute atomic E-state index is 0.100. The first kappa shape index (κ1) is 14.3. The molecule has 0 radical (unpaired) electrons. The molecule has 0 aliphatic carbocycles. The van der Waals surface area contributed by atoms with Crippen molar-refractivity contribution < 1.29 is 0 Å². The number of rotatable bonds is 3. The molecule has 106 valence electrons. The van der Waals surface area contributed by atoms with Crippen LogP contribution < -0.4 is 5.32 Å². The Balaban J connectivity index is 2.21. The maximum Gasteiger partial charge on any atom is 0.0937 e. The van der Waals surface area contributed by atoms with E-state index >= 15 is 0 Å². The molecule has 0 amide bonds. The Hall–Kier alpha value is -1.68. The Morgan fingerprint density at radius 3 is 2.62 bits per heavy atom. The number of halogens is 2. The van der Waals surface area contributed by atoms with Crippen LogP contribution >= 0.6 is 23.2 Å². The lowest BCUT2D eigenvalue weighted by Gasteiger charge is -2.20. The first-order chi connectivity index (χ1) is 10.2. The van der Waals surface area contributed by atoms with Gasteiger partial charge < -0.3 is 5.32 Å². The van der Waals surface area contributed by atoms with Gasteiger partial charge in [0, 0.05) is 28.0 Å². The van der Waals surface area contributed by atoms with Gasteiger partial charge in [0.2, 0.25) is 0 Å². The van der Waals surface area contributed by atoms with Gasteiger partial charge in [0.1, 0.15) is 0 Å². The normalized spacial score (nSPS) is 12.5. The Labute approximate surface area is 132 Å². The van der Waals surface area contributed by atoms with Crippen molar-refractivity contribution in [3.05, 3.63) is 70.0 Å². The molecule has 21 heavy (non-hydrogen) atoms. The van der Waals surface area contributed by atoms with Crippen molar-refractivity contribution in [1.82, 2.24) is 15.3 Å². The van der Waals surface area contributed by atoms with E-state index in [4.69, 9.17) is 23.2 Å². The van der Waals surface area contributed by atoms with E-state index in [1.165, 1.54) is 0 Å². The quantitative estimate of drug-likeness (QED) is 0.785. The molecular weight excluding hydrogens is 305 g/mol. The molecule has 1 aromatic heterocycles. The first-order valence-electron chi connectivity index (χ1n) is 6.52. The molecule has 0 saturated carbocycles. The van der Waals surface area contributed by atoms with Gasteiger partial charge in [-0.25, -0.2) is 0 Å². The third kappa shape index (κ3) is 2.72. The third-order valence-corrected chi connectivity index (χ3v) is 3.98. The summed E-state index contributed by atoms with van der Waals surface area (Å²) in [6.45, 7) is 0. The molecule has 1 N–H and O–H groups in total. The molecule has 2 aromatic carbocycles. The van der Waals surface area contributed by atoms with E-state index in [0.717, 1.165) is 22.2 Å². The van der Waals surface area contributed by atoms with Crippen LogP contribution in [-0.4, -0.2) is 17.0 Å². The molecule has 3 aromatic rings. The number of aromatic nitrogens is 2. The minimum atomic E-state index is -0.100. The van der Waals surface area contributed by atoms with Crippen LogP contribution in [-0.2, 0) is 0 Å². The highest BCUT2D eigenvalue weighted by Gasteiger charge is 2.18. The van der Waals surface area contributed by atoms with Crippen LogP contribution in [0.3, 0.4) is 0 Å². The lowest BCUT2D eigenvalue weighted by atomic mass is 9.97. The van der Waals surface area contributed by atoms with Crippen LogP contribution in [0.1, 0.15) is 17.2 Å². The molecule has 0 aliphatic heterocycles. The second kappa shape index (κ2) is 5.98. The van der Waals surface area contributed by atoms with Crippen LogP contribution in [0.4, 0.5) is 0 Å². The summed E-state index contributed by atoms with van der Waals surface area (Å²) in [6.07, 6.45) is 3.38. The fourth-order valence-corrected chi connectivity index (χ4v) is 2.87. The number of nitrogens with one attached hydrogen (secondary N) is 1. The van der Waals surface area contributed by atoms with Crippen molar-refractivity contribution in [2.75, 3.05) is 7.05 Å². The van der Waals surface area contributed by atoms with Crippen molar-refractivity contribution in [2.24, 2.45) is 0 Å². The van der Waals surface area contributed by atoms with Crippen LogP contribution in [0.25, 0.3) is 11.0 Å². The molecule has 0 aliphatic rings. The molecule has 3 rings (SSSR count). The predicted octanol–water partition coefficient (Wildman–Crippen LogP) is 4.25. The second-order valence-electron chi connectivity index (χ2n) is 4.66. The summed E-state index contributed by atoms with van der Waals surface area (Å²) in [5, 5.41) is 4.60. The molecular formula is C16H13Cl2N3. The Morgan fingerprint density at radius 2 is 1.81 bits per heavy atom. The highest BCUT2D eigenvalue weighted by Crippen LogP contribution is 2.32. The van der Waals surface area contributed by atoms with Crippen LogP contribution in [0.15, 0.2) is 48.8 Å². The summed E-state index contributed by atoms with van der Waals surface area (Å²) in [5.74, 6) is 0. The predicted molar refractivity (Wildman–Crippen MR) is 86.9 cm³/mol. The number of nitrogens with zero attached hydrogens (tertiary/aromatic N) is 2. The Morgan fingerprint density at radius 1 is 1.00 bits per heavy atom. The summed E-state index contributed by atoms with van der Waals surface area (Å²) >= 11 is 12.4. The Bertz CT molecular complexity index is 784. The third-order valence-electron chi connectivity index (χ3n) is 3.40. The van der Waals surface area contributed by atoms with E-state index < -0.39 is 0 Å². The number of hydrogen-bond donors (Lipinski definition) is 1. The van der Waals surface area contributed by atoms with Crippen LogP contribution in [0.2, 0.25) is 10.0 Å². The van der Waals surface area contributed by atoms with Gasteiger partial charge in [-0.15, -0.1) is 0 Å².